The minimum absolute atomic E-state index is 0.330. The van der Waals surface area contributed by atoms with E-state index in [0.29, 0.717) is 16.0 Å². The number of aromatic amines is 1. The van der Waals surface area contributed by atoms with Gasteiger partial charge in [-0.25, -0.2) is 9.28 Å². The van der Waals surface area contributed by atoms with Gasteiger partial charge in [0.1, 0.15) is 0 Å². The molecule has 1 aliphatic heterocycles. The summed E-state index contributed by atoms with van der Waals surface area (Å²) in [4.78, 5) is 30.4. The molecular weight excluding hydrogens is 280 g/mol. The molecule has 120 valence electrons. The molecule has 0 aliphatic carbocycles. The van der Waals surface area contributed by atoms with Crippen LogP contribution in [0.25, 0.3) is 0 Å². The van der Waals surface area contributed by atoms with E-state index in [1.807, 2.05) is 13.1 Å². The van der Waals surface area contributed by atoms with Crippen LogP contribution >= 0.6 is 0 Å². The quantitative estimate of drug-likeness (QED) is 0.454. The van der Waals surface area contributed by atoms with E-state index in [2.05, 4.69) is 16.6 Å². The van der Waals surface area contributed by atoms with Crippen molar-refractivity contribution in [2.45, 2.75) is 38.5 Å². The Labute approximate surface area is 130 Å². The highest BCUT2D eigenvalue weighted by Crippen LogP contribution is 2.31. The number of nitrogens with one attached hydrogen (secondary N) is 1. The molecule has 1 aromatic rings. The lowest BCUT2D eigenvalue weighted by molar-refractivity contribution is 0.468. The van der Waals surface area contributed by atoms with Crippen LogP contribution in [0.2, 0.25) is 0 Å². The predicted octanol–water partition coefficient (Wildman–Crippen LogP) is 2.21. The topological polar surface area (TPSA) is 67.2 Å². The summed E-state index contributed by atoms with van der Waals surface area (Å²) in [5, 5.41) is 0. The number of aliphatic imine (C=N–C) groups is 1. The molecule has 6 heteroatoms. The van der Waals surface area contributed by atoms with Crippen molar-refractivity contribution >= 4 is 17.8 Å². The highest BCUT2D eigenvalue weighted by atomic mass is 16.2. The number of rotatable bonds is 8. The second kappa shape index (κ2) is 6.87. The number of H-pyrrole nitrogens is 1. The van der Waals surface area contributed by atoms with Gasteiger partial charge in [-0.15, -0.1) is 6.58 Å². The molecule has 22 heavy (non-hydrogen) atoms. The molecular formula is C16H25N4O2+. The molecule has 0 radical (unpaired) electrons. The first-order valence-electron chi connectivity index (χ1n) is 7.85. The summed E-state index contributed by atoms with van der Waals surface area (Å²) >= 11 is 0. The first-order chi connectivity index (χ1) is 10.5. The molecule has 0 amide bonds. The molecule has 2 heterocycles. The van der Waals surface area contributed by atoms with Crippen LogP contribution < -0.4 is 15.7 Å². The van der Waals surface area contributed by atoms with Crippen molar-refractivity contribution in [1.82, 2.24) is 14.0 Å². The summed E-state index contributed by atoms with van der Waals surface area (Å²) in [5.74, 6) is 0.474. The second-order valence-corrected chi connectivity index (χ2v) is 6.07. The van der Waals surface area contributed by atoms with Gasteiger partial charge in [-0.05, 0) is 25.7 Å². The van der Waals surface area contributed by atoms with Gasteiger partial charge in [0, 0.05) is 7.05 Å². The Morgan fingerprint density at radius 2 is 1.95 bits per heavy atom. The fourth-order valence-corrected chi connectivity index (χ4v) is 2.87. The highest BCUT2D eigenvalue weighted by Gasteiger charge is 2.36. The van der Waals surface area contributed by atoms with Crippen molar-refractivity contribution in [3.8, 4) is 0 Å². The second-order valence-electron chi connectivity index (χ2n) is 6.07. The fourth-order valence-electron chi connectivity index (χ4n) is 2.87. The van der Waals surface area contributed by atoms with Gasteiger partial charge in [0.05, 0.1) is 13.6 Å². The molecule has 1 atom stereocenters. The third-order valence-electron chi connectivity index (χ3n) is 4.25. The smallest absolute Gasteiger partial charge is 0.276 e. The maximum atomic E-state index is 12.1. The largest absolute Gasteiger partial charge is 0.330 e. The molecule has 0 fully saturated rings. The molecule has 0 bridgehead atoms. The van der Waals surface area contributed by atoms with Crippen LogP contribution in [0.3, 0.4) is 0 Å². The van der Waals surface area contributed by atoms with Gasteiger partial charge in [0.15, 0.2) is 6.34 Å². The Bertz CT molecular complexity index is 686. The van der Waals surface area contributed by atoms with Gasteiger partial charge in [-0.3, -0.25) is 14.3 Å². The molecule has 0 spiro atoms. The Morgan fingerprint density at radius 1 is 1.27 bits per heavy atom. The molecule has 1 aliphatic rings. The summed E-state index contributed by atoms with van der Waals surface area (Å²) in [6, 6.07) is 0. The first kappa shape index (κ1) is 16.4. The van der Waals surface area contributed by atoms with Crippen molar-refractivity contribution < 1.29 is 0 Å². The Hall–Kier alpha value is -1.95. The van der Waals surface area contributed by atoms with Crippen molar-refractivity contribution in [2.75, 3.05) is 13.6 Å². The summed E-state index contributed by atoms with van der Waals surface area (Å²) in [6.07, 6.45) is 10.6. The standard InChI is InChI=1S/C16H24N4O2/c1-4-5-6-7-8-9-10-11-20(3)12-17-14-13(20)15(21)18-16(22)19(14)2/h4,12H,1,5-11H2,2-3H3/p+1. The molecule has 0 saturated heterocycles. The maximum Gasteiger partial charge on any atom is 0.330 e. The van der Waals surface area contributed by atoms with Gasteiger partial charge in [-0.1, -0.05) is 18.9 Å². The van der Waals surface area contributed by atoms with Crippen LogP contribution in [0.5, 0.6) is 0 Å². The molecule has 0 aromatic carbocycles. The van der Waals surface area contributed by atoms with E-state index in [1.165, 1.54) is 23.8 Å². The number of hydrogen-bond acceptors (Lipinski definition) is 3. The monoisotopic (exact) mass is 305 g/mol. The summed E-state index contributed by atoms with van der Waals surface area (Å²) in [7, 11) is 3.59. The molecule has 1 aromatic heterocycles. The van der Waals surface area contributed by atoms with Gasteiger partial charge in [0.2, 0.25) is 11.5 Å². The van der Waals surface area contributed by atoms with E-state index < -0.39 is 5.69 Å². The molecule has 0 saturated carbocycles. The number of nitrogens with zero attached hydrogens (tertiary/aromatic N) is 3. The number of allylic oxidation sites excluding steroid dienone is 1. The molecule has 6 nitrogen and oxygen atoms in total. The average Bonchev–Trinajstić information content (AvgIpc) is 2.83. The zero-order chi connectivity index (χ0) is 16.2. The van der Waals surface area contributed by atoms with Crippen LogP contribution in [0.4, 0.5) is 11.5 Å². The van der Waals surface area contributed by atoms with E-state index >= 15 is 0 Å². The van der Waals surface area contributed by atoms with Crippen LogP contribution in [0, 0.1) is 0 Å². The lowest BCUT2D eigenvalue weighted by Gasteiger charge is -2.24. The normalized spacial score (nSPS) is 19.4. The van der Waals surface area contributed by atoms with Crippen molar-refractivity contribution in [2.24, 2.45) is 12.0 Å². The van der Waals surface area contributed by atoms with Crippen molar-refractivity contribution in [1.29, 1.82) is 0 Å². The van der Waals surface area contributed by atoms with Crippen LogP contribution in [-0.4, -0.2) is 29.5 Å². The summed E-state index contributed by atoms with van der Waals surface area (Å²) in [6.45, 7) is 4.54. The van der Waals surface area contributed by atoms with Crippen LogP contribution in [0.15, 0.2) is 27.2 Å². The zero-order valence-corrected chi connectivity index (χ0v) is 13.5. The fraction of sp³-hybridized carbons (Fsp3) is 0.562. The molecule has 2 rings (SSSR count). The Balaban J connectivity index is 1.99. The van der Waals surface area contributed by atoms with Crippen molar-refractivity contribution in [3.05, 3.63) is 33.5 Å². The lowest BCUT2D eigenvalue weighted by Crippen LogP contribution is -2.47. The highest BCUT2D eigenvalue weighted by molar-refractivity contribution is 5.86. The predicted molar refractivity (Wildman–Crippen MR) is 90.9 cm³/mol. The summed E-state index contributed by atoms with van der Waals surface area (Å²) < 4.78 is 1.76. The van der Waals surface area contributed by atoms with Crippen LogP contribution in [0.1, 0.15) is 38.5 Å². The minimum Gasteiger partial charge on any atom is -0.276 e. The van der Waals surface area contributed by atoms with E-state index in [1.54, 1.807) is 13.4 Å². The zero-order valence-electron chi connectivity index (χ0n) is 13.5. The number of aromatic nitrogens is 2. The SMILES string of the molecule is C=CCCCCCCC[N+]1(C)C=Nc2c1c(=O)[nH]c(=O)n2C. The van der Waals surface area contributed by atoms with E-state index in [0.717, 1.165) is 25.8 Å². The van der Waals surface area contributed by atoms with Gasteiger partial charge in [-0.2, -0.15) is 4.99 Å². The molecule has 1 unspecified atom stereocenters. The van der Waals surface area contributed by atoms with E-state index in [4.69, 9.17) is 0 Å². The maximum absolute atomic E-state index is 12.1. The number of hydrogen-bond donors (Lipinski definition) is 1. The number of quaternary nitrogens is 1. The number of unbranched alkanes of at least 4 members (excludes halogenated alkanes) is 5. The van der Waals surface area contributed by atoms with E-state index in [9.17, 15) is 9.59 Å². The third kappa shape index (κ3) is 3.27. The lowest BCUT2D eigenvalue weighted by atomic mass is 10.1. The van der Waals surface area contributed by atoms with Crippen LogP contribution in [-0.2, 0) is 7.05 Å². The number of fused-ring (bicyclic) bond motifs is 1. The summed E-state index contributed by atoms with van der Waals surface area (Å²) in [5.41, 5.74) is -0.186. The van der Waals surface area contributed by atoms with Gasteiger partial charge >= 0.3 is 11.2 Å². The van der Waals surface area contributed by atoms with Gasteiger partial charge < -0.3 is 0 Å². The molecule has 1 N–H and O–H groups in total. The minimum atomic E-state index is -0.420. The van der Waals surface area contributed by atoms with Gasteiger partial charge in [0.25, 0.3) is 0 Å². The van der Waals surface area contributed by atoms with E-state index in [-0.39, 0.29) is 5.56 Å². The average molecular weight is 305 g/mol. The van der Waals surface area contributed by atoms with Crippen molar-refractivity contribution in [3.63, 3.8) is 0 Å². The Morgan fingerprint density at radius 3 is 2.68 bits per heavy atom. The third-order valence-corrected chi connectivity index (χ3v) is 4.25. The Kier molecular flexibility index (Phi) is 5.13. The first-order valence-corrected chi connectivity index (χ1v) is 7.85.